The van der Waals surface area contributed by atoms with Gasteiger partial charge in [-0.2, -0.15) is 17.6 Å². The predicted octanol–water partition coefficient (Wildman–Crippen LogP) is 4.30. The standard InChI is InChI=1S/C12H10BrF5O2/c1-7-3-5-9(6-4-7)10(14,20-8(2)19)11(13,15)12(16,17)18/h3-6H,1-2H3/t10-,11-/m0/s1. The first-order valence-corrected chi connectivity index (χ1v) is 6.11. The third-order valence-corrected chi connectivity index (χ3v) is 3.43. The molecule has 0 fully saturated rings. The third kappa shape index (κ3) is 2.94. The van der Waals surface area contributed by atoms with Crippen LogP contribution in [-0.4, -0.2) is 16.7 Å². The number of rotatable bonds is 3. The van der Waals surface area contributed by atoms with Crippen LogP contribution in [0.2, 0.25) is 0 Å². The molecule has 20 heavy (non-hydrogen) atoms. The molecule has 0 spiro atoms. The van der Waals surface area contributed by atoms with Crippen LogP contribution in [0.3, 0.4) is 0 Å². The van der Waals surface area contributed by atoms with Crippen molar-refractivity contribution < 1.29 is 31.5 Å². The van der Waals surface area contributed by atoms with Gasteiger partial charge < -0.3 is 4.74 Å². The minimum Gasteiger partial charge on any atom is -0.419 e. The van der Waals surface area contributed by atoms with Gasteiger partial charge >= 0.3 is 22.6 Å². The number of hydrogen-bond donors (Lipinski definition) is 0. The van der Waals surface area contributed by atoms with E-state index in [9.17, 15) is 26.7 Å². The fraction of sp³-hybridized carbons (Fsp3) is 0.417. The van der Waals surface area contributed by atoms with Crippen LogP contribution in [0.15, 0.2) is 24.3 Å². The number of carbonyl (C=O) groups is 1. The fourth-order valence-electron chi connectivity index (χ4n) is 1.45. The van der Waals surface area contributed by atoms with E-state index in [1.165, 1.54) is 12.1 Å². The molecule has 1 rings (SSSR count). The van der Waals surface area contributed by atoms with E-state index in [-0.39, 0.29) is 0 Å². The summed E-state index contributed by atoms with van der Waals surface area (Å²) in [5.74, 6) is -5.43. The van der Waals surface area contributed by atoms with Crippen molar-refractivity contribution in [3.05, 3.63) is 35.4 Å². The molecule has 0 aromatic heterocycles. The number of hydrogen-bond acceptors (Lipinski definition) is 2. The molecule has 0 saturated heterocycles. The third-order valence-electron chi connectivity index (χ3n) is 2.47. The van der Waals surface area contributed by atoms with Gasteiger partial charge in [-0.1, -0.05) is 29.8 Å². The lowest BCUT2D eigenvalue weighted by atomic mass is 10.0. The quantitative estimate of drug-likeness (QED) is 0.456. The van der Waals surface area contributed by atoms with Crippen molar-refractivity contribution in [2.24, 2.45) is 0 Å². The maximum Gasteiger partial charge on any atom is 0.440 e. The molecule has 0 heterocycles. The number of carbonyl (C=O) groups excluding carboxylic acids is 1. The molecule has 0 N–H and O–H groups in total. The number of alkyl halides is 6. The molecule has 0 aliphatic heterocycles. The van der Waals surface area contributed by atoms with Gasteiger partial charge in [0.2, 0.25) is 0 Å². The topological polar surface area (TPSA) is 26.3 Å². The van der Waals surface area contributed by atoms with Gasteiger partial charge in [0.15, 0.2) is 0 Å². The molecule has 8 heteroatoms. The number of aryl methyl sites for hydroxylation is 1. The van der Waals surface area contributed by atoms with Crippen LogP contribution in [0.1, 0.15) is 18.1 Å². The highest BCUT2D eigenvalue weighted by molar-refractivity contribution is 9.10. The summed E-state index contributed by atoms with van der Waals surface area (Å²) >= 11 is 1.66. The lowest BCUT2D eigenvalue weighted by Gasteiger charge is -2.35. The minimum absolute atomic E-state index is 0.616. The Morgan fingerprint density at radius 1 is 1.10 bits per heavy atom. The SMILES string of the molecule is CC(=O)O[C@@](F)(c1ccc(C)cc1)[C@@](F)(Br)C(F)(F)F. The van der Waals surface area contributed by atoms with Crippen LogP contribution in [0.5, 0.6) is 0 Å². The molecule has 0 radical (unpaired) electrons. The number of benzene rings is 1. The lowest BCUT2D eigenvalue weighted by Crippen LogP contribution is -2.53. The van der Waals surface area contributed by atoms with Gasteiger partial charge in [-0.05, 0) is 22.9 Å². The number of esters is 1. The van der Waals surface area contributed by atoms with E-state index >= 15 is 0 Å². The monoisotopic (exact) mass is 360 g/mol. The van der Waals surface area contributed by atoms with E-state index in [0.717, 1.165) is 12.1 Å². The highest BCUT2D eigenvalue weighted by Gasteiger charge is 2.71. The van der Waals surface area contributed by atoms with Crippen molar-refractivity contribution in [1.82, 2.24) is 0 Å². The maximum absolute atomic E-state index is 14.6. The highest BCUT2D eigenvalue weighted by Crippen LogP contribution is 2.54. The maximum atomic E-state index is 14.6. The Labute approximate surface area is 120 Å². The summed E-state index contributed by atoms with van der Waals surface area (Å²) in [6.45, 7) is 2.29. The van der Waals surface area contributed by atoms with Crippen LogP contribution in [0.4, 0.5) is 22.0 Å². The Balaban J connectivity index is 3.44. The summed E-state index contributed by atoms with van der Waals surface area (Å²) in [4.78, 5) is 10.9. The fourth-order valence-corrected chi connectivity index (χ4v) is 1.76. The van der Waals surface area contributed by atoms with E-state index < -0.39 is 28.1 Å². The number of halogens is 6. The zero-order valence-corrected chi connectivity index (χ0v) is 12.0. The summed E-state index contributed by atoms with van der Waals surface area (Å²) in [6.07, 6.45) is -5.64. The van der Waals surface area contributed by atoms with Crippen LogP contribution in [-0.2, 0) is 15.4 Å². The molecule has 0 aliphatic carbocycles. The first kappa shape index (κ1) is 16.9. The second-order valence-corrected chi connectivity index (χ2v) is 5.22. The molecular weight excluding hydrogens is 351 g/mol. The molecule has 1 aromatic carbocycles. The van der Waals surface area contributed by atoms with E-state index in [4.69, 9.17) is 0 Å². The highest BCUT2D eigenvalue weighted by atomic mass is 79.9. The van der Waals surface area contributed by atoms with E-state index in [1.807, 2.05) is 0 Å². The predicted molar refractivity (Wildman–Crippen MR) is 64.6 cm³/mol. The smallest absolute Gasteiger partial charge is 0.419 e. The molecular formula is C12H10BrF5O2. The molecule has 0 aliphatic rings. The Morgan fingerprint density at radius 3 is 1.90 bits per heavy atom. The van der Waals surface area contributed by atoms with Crippen molar-refractivity contribution in [3.8, 4) is 0 Å². The second kappa shape index (κ2) is 5.31. The van der Waals surface area contributed by atoms with Crippen molar-refractivity contribution in [2.75, 3.05) is 0 Å². The van der Waals surface area contributed by atoms with Gasteiger partial charge in [0.25, 0.3) is 0 Å². The normalized spacial score (nSPS) is 18.0. The van der Waals surface area contributed by atoms with Gasteiger partial charge in [-0.25, -0.2) is 4.39 Å². The zero-order valence-electron chi connectivity index (χ0n) is 10.4. The largest absolute Gasteiger partial charge is 0.440 e. The van der Waals surface area contributed by atoms with E-state index in [2.05, 4.69) is 4.74 Å². The van der Waals surface area contributed by atoms with Gasteiger partial charge in [0.05, 0.1) is 0 Å². The van der Waals surface area contributed by atoms with Crippen molar-refractivity contribution in [1.29, 1.82) is 0 Å². The second-order valence-electron chi connectivity index (χ2n) is 4.13. The Morgan fingerprint density at radius 2 is 1.55 bits per heavy atom. The summed E-state index contributed by atoms with van der Waals surface area (Å²) < 4.78 is 66.0. The molecule has 2 nitrogen and oxygen atoms in total. The lowest BCUT2D eigenvalue weighted by molar-refractivity contribution is -0.292. The average molecular weight is 361 g/mol. The molecule has 1 aromatic rings. The zero-order chi connectivity index (χ0) is 15.8. The van der Waals surface area contributed by atoms with Gasteiger partial charge in [0, 0.05) is 12.5 Å². The van der Waals surface area contributed by atoms with Gasteiger partial charge in [-0.3, -0.25) is 4.79 Å². The van der Waals surface area contributed by atoms with Crippen LogP contribution < -0.4 is 0 Å². The first-order valence-electron chi connectivity index (χ1n) is 5.32. The molecule has 0 amide bonds. The Kier molecular flexibility index (Phi) is 4.48. The first-order chi connectivity index (χ1) is 8.92. The average Bonchev–Trinajstić information content (AvgIpc) is 2.26. The molecule has 2 atom stereocenters. The van der Waals surface area contributed by atoms with Crippen molar-refractivity contribution in [3.63, 3.8) is 0 Å². The van der Waals surface area contributed by atoms with Gasteiger partial charge in [0.1, 0.15) is 0 Å². The van der Waals surface area contributed by atoms with Crippen molar-refractivity contribution in [2.45, 2.75) is 30.5 Å². The summed E-state index contributed by atoms with van der Waals surface area (Å²) in [5.41, 5.74) is -0.153. The van der Waals surface area contributed by atoms with E-state index in [1.54, 1.807) is 22.9 Å². The summed E-state index contributed by atoms with van der Waals surface area (Å²) in [6, 6.07) is 4.37. The Hall–Kier alpha value is -1.18. The van der Waals surface area contributed by atoms with Crippen molar-refractivity contribution >= 4 is 21.9 Å². The molecule has 0 bridgehead atoms. The van der Waals surface area contributed by atoms with Gasteiger partial charge in [-0.15, -0.1) is 0 Å². The van der Waals surface area contributed by atoms with Crippen LogP contribution in [0, 0.1) is 6.92 Å². The number of ether oxygens (including phenoxy) is 1. The molecule has 0 saturated carbocycles. The minimum atomic E-state index is -5.64. The van der Waals surface area contributed by atoms with Crippen LogP contribution in [0.25, 0.3) is 0 Å². The molecule has 0 unspecified atom stereocenters. The van der Waals surface area contributed by atoms with E-state index in [0.29, 0.717) is 12.5 Å². The van der Waals surface area contributed by atoms with Crippen LogP contribution >= 0.6 is 15.9 Å². The summed E-state index contributed by atoms with van der Waals surface area (Å²) in [5, 5.41) is 0. The Bertz CT molecular complexity index is 498. The molecule has 112 valence electrons. The summed E-state index contributed by atoms with van der Waals surface area (Å²) in [7, 11) is 0.